The van der Waals surface area contributed by atoms with Crippen molar-refractivity contribution in [1.82, 2.24) is 10.6 Å². The molecule has 94 valence electrons. The third-order valence-electron chi connectivity index (χ3n) is 3.88. The Balaban J connectivity index is 2.27. The van der Waals surface area contributed by atoms with E-state index in [2.05, 4.69) is 17.6 Å². The summed E-state index contributed by atoms with van der Waals surface area (Å²) in [6.45, 7) is 6.98. The molecule has 0 atom stereocenters. The van der Waals surface area contributed by atoms with Gasteiger partial charge in [-0.05, 0) is 45.6 Å². The fourth-order valence-corrected chi connectivity index (χ4v) is 2.10. The highest BCUT2D eigenvalue weighted by molar-refractivity contribution is 5.85. The van der Waals surface area contributed by atoms with E-state index in [9.17, 15) is 4.79 Å². The molecular formula is C13H26N2O. The van der Waals surface area contributed by atoms with Crippen molar-refractivity contribution in [2.75, 3.05) is 13.6 Å². The van der Waals surface area contributed by atoms with Gasteiger partial charge in [-0.1, -0.05) is 19.8 Å². The summed E-state index contributed by atoms with van der Waals surface area (Å²) in [5.41, 5.74) is -0.456. The molecule has 1 amide bonds. The lowest BCUT2D eigenvalue weighted by Gasteiger charge is -2.28. The molecule has 0 bridgehead atoms. The van der Waals surface area contributed by atoms with Gasteiger partial charge in [-0.15, -0.1) is 0 Å². The zero-order chi connectivity index (χ0) is 12.2. The summed E-state index contributed by atoms with van der Waals surface area (Å²) in [6, 6.07) is 0. The Hall–Kier alpha value is -0.570. The van der Waals surface area contributed by atoms with Gasteiger partial charge in [0.15, 0.2) is 0 Å². The molecule has 0 unspecified atom stereocenters. The highest BCUT2D eigenvalue weighted by Crippen LogP contribution is 2.27. The van der Waals surface area contributed by atoms with Gasteiger partial charge >= 0.3 is 0 Å². The SMILES string of the molecule is CNC(C)(C)C(=O)NCC1CCC(C)CC1. The molecule has 1 fully saturated rings. The molecule has 1 aliphatic rings. The first kappa shape index (κ1) is 13.5. The van der Waals surface area contributed by atoms with Crippen LogP contribution < -0.4 is 10.6 Å². The second kappa shape index (κ2) is 5.67. The summed E-state index contributed by atoms with van der Waals surface area (Å²) in [5, 5.41) is 6.08. The Morgan fingerprint density at radius 2 is 1.81 bits per heavy atom. The van der Waals surface area contributed by atoms with Crippen molar-refractivity contribution >= 4 is 5.91 Å². The lowest BCUT2D eigenvalue weighted by atomic mass is 9.83. The van der Waals surface area contributed by atoms with Gasteiger partial charge in [0, 0.05) is 6.54 Å². The molecule has 0 aromatic rings. The first-order chi connectivity index (χ1) is 7.45. The molecular weight excluding hydrogens is 200 g/mol. The monoisotopic (exact) mass is 226 g/mol. The number of likely N-dealkylation sites (N-methyl/N-ethyl adjacent to an activating group) is 1. The van der Waals surface area contributed by atoms with Crippen molar-refractivity contribution in [2.45, 2.75) is 52.0 Å². The molecule has 0 heterocycles. The van der Waals surface area contributed by atoms with Crippen LogP contribution in [-0.4, -0.2) is 25.0 Å². The lowest BCUT2D eigenvalue weighted by molar-refractivity contribution is -0.126. The fourth-order valence-electron chi connectivity index (χ4n) is 2.10. The highest BCUT2D eigenvalue weighted by atomic mass is 16.2. The fraction of sp³-hybridized carbons (Fsp3) is 0.923. The van der Waals surface area contributed by atoms with E-state index < -0.39 is 5.54 Å². The van der Waals surface area contributed by atoms with E-state index in [1.807, 2.05) is 20.9 Å². The molecule has 2 N–H and O–H groups in total. The summed E-state index contributed by atoms with van der Waals surface area (Å²) in [4.78, 5) is 11.8. The number of hydrogen-bond acceptors (Lipinski definition) is 2. The maximum atomic E-state index is 11.8. The normalized spacial score (nSPS) is 26.5. The van der Waals surface area contributed by atoms with E-state index in [4.69, 9.17) is 0 Å². The number of carbonyl (C=O) groups excluding carboxylic acids is 1. The standard InChI is InChI=1S/C13H26N2O/c1-10-5-7-11(8-6-10)9-15-12(16)13(2,3)14-4/h10-11,14H,5-9H2,1-4H3,(H,15,16). The van der Waals surface area contributed by atoms with Crippen LogP contribution in [0, 0.1) is 11.8 Å². The maximum Gasteiger partial charge on any atom is 0.239 e. The Morgan fingerprint density at radius 3 is 2.31 bits per heavy atom. The predicted molar refractivity (Wildman–Crippen MR) is 67.3 cm³/mol. The van der Waals surface area contributed by atoms with Crippen molar-refractivity contribution in [3.63, 3.8) is 0 Å². The van der Waals surface area contributed by atoms with Crippen molar-refractivity contribution in [3.8, 4) is 0 Å². The molecule has 1 rings (SSSR count). The molecule has 3 heteroatoms. The van der Waals surface area contributed by atoms with E-state index in [0.717, 1.165) is 12.5 Å². The largest absolute Gasteiger partial charge is 0.354 e. The van der Waals surface area contributed by atoms with Crippen molar-refractivity contribution in [1.29, 1.82) is 0 Å². The van der Waals surface area contributed by atoms with Crippen LogP contribution in [0.4, 0.5) is 0 Å². The van der Waals surface area contributed by atoms with Gasteiger partial charge in [0.2, 0.25) is 5.91 Å². The van der Waals surface area contributed by atoms with Crippen molar-refractivity contribution in [2.24, 2.45) is 11.8 Å². The van der Waals surface area contributed by atoms with E-state index in [1.165, 1.54) is 25.7 Å². The Kier molecular flexibility index (Phi) is 4.78. The van der Waals surface area contributed by atoms with Gasteiger partial charge in [0.05, 0.1) is 5.54 Å². The van der Waals surface area contributed by atoms with Crippen LogP contribution >= 0.6 is 0 Å². The number of carbonyl (C=O) groups is 1. The molecule has 0 saturated heterocycles. The van der Waals surface area contributed by atoms with Gasteiger partial charge in [0.1, 0.15) is 0 Å². The van der Waals surface area contributed by atoms with Crippen LogP contribution in [0.3, 0.4) is 0 Å². The van der Waals surface area contributed by atoms with Gasteiger partial charge in [-0.2, -0.15) is 0 Å². The zero-order valence-electron chi connectivity index (χ0n) is 11.1. The Bertz CT molecular complexity index is 230. The zero-order valence-corrected chi connectivity index (χ0v) is 11.1. The minimum atomic E-state index is -0.456. The summed E-state index contributed by atoms with van der Waals surface area (Å²) in [6.07, 6.45) is 5.16. The topological polar surface area (TPSA) is 41.1 Å². The molecule has 0 radical (unpaired) electrons. The predicted octanol–water partition coefficient (Wildman–Crippen LogP) is 1.93. The van der Waals surface area contributed by atoms with Gasteiger partial charge in [0.25, 0.3) is 0 Å². The molecule has 1 aliphatic carbocycles. The molecule has 0 aromatic heterocycles. The highest BCUT2D eigenvalue weighted by Gasteiger charge is 2.26. The molecule has 16 heavy (non-hydrogen) atoms. The summed E-state index contributed by atoms with van der Waals surface area (Å²) >= 11 is 0. The Morgan fingerprint density at radius 1 is 1.25 bits per heavy atom. The quantitative estimate of drug-likeness (QED) is 0.769. The minimum Gasteiger partial charge on any atom is -0.354 e. The molecule has 1 saturated carbocycles. The molecule has 0 aliphatic heterocycles. The second-order valence-corrected chi connectivity index (χ2v) is 5.71. The van der Waals surface area contributed by atoms with Crippen molar-refractivity contribution in [3.05, 3.63) is 0 Å². The first-order valence-electron chi connectivity index (χ1n) is 6.43. The van der Waals surface area contributed by atoms with Gasteiger partial charge in [-0.25, -0.2) is 0 Å². The van der Waals surface area contributed by atoms with Crippen LogP contribution in [0.15, 0.2) is 0 Å². The maximum absolute atomic E-state index is 11.8. The molecule has 0 aromatic carbocycles. The number of amides is 1. The van der Waals surface area contributed by atoms with Crippen LogP contribution in [-0.2, 0) is 4.79 Å². The van der Waals surface area contributed by atoms with Crippen LogP contribution in [0.2, 0.25) is 0 Å². The smallest absolute Gasteiger partial charge is 0.239 e. The van der Waals surface area contributed by atoms with E-state index >= 15 is 0 Å². The number of hydrogen-bond donors (Lipinski definition) is 2. The number of rotatable bonds is 4. The van der Waals surface area contributed by atoms with E-state index in [1.54, 1.807) is 0 Å². The minimum absolute atomic E-state index is 0.105. The van der Waals surface area contributed by atoms with Crippen LogP contribution in [0.1, 0.15) is 46.5 Å². The van der Waals surface area contributed by atoms with E-state index in [0.29, 0.717) is 5.92 Å². The molecule has 3 nitrogen and oxygen atoms in total. The summed E-state index contributed by atoms with van der Waals surface area (Å²) in [7, 11) is 1.82. The average Bonchev–Trinajstić information content (AvgIpc) is 2.28. The van der Waals surface area contributed by atoms with Crippen LogP contribution in [0.5, 0.6) is 0 Å². The first-order valence-corrected chi connectivity index (χ1v) is 6.43. The second-order valence-electron chi connectivity index (χ2n) is 5.71. The van der Waals surface area contributed by atoms with Crippen molar-refractivity contribution < 1.29 is 4.79 Å². The van der Waals surface area contributed by atoms with Gasteiger partial charge in [-0.3, -0.25) is 4.79 Å². The summed E-state index contributed by atoms with van der Waals surface area (Å²) < 4.78 is 0. The van der Waals surface area contributed by atoms with E-state index in [-0.39, 0.29) is 5.91 Å². The molecule has 0 spiro atoms. The van der Waals surface area contributed by atoms with Crippen LogP contribution in [0.25, 0.3) is 0 Å². The third kappa shape index (κ3) is 3.78. The Labute approximate surface area is 99.4 Å². The van der Waals surface area contributed by atoms with Gasteiger partial charge < -0.3 is 10.6 Å². The average molecular weight is 226 g/mol. The number of nitrogens with one attached hydrogen (secondary N) is 2. The lowest BCUT2D eigenvalue weighted by Crippen LogP contribution is -2.52. The third-order valence-corrected chi connectivity index (χ3v) is 3.88. The summed E-state index contributed by atoms with van der Waals surface area (Å²) in [5.74, 6) is 1.67.